The zero-order valence-electron chi connectivity index (χ0n) is 14.4. The number of piperidine rings is 1. The van der Waals surface area contributed by atoms with Crippen LogP contribution >= 0.6 is 0 Å². The molecule has 0 spiro atoms. The van der Waals surface area contributed by atoms with Gasteiger partial charge in [-0.2, -0.15) is 0 Å². The Bertz CT molecular complexity index is 831. The topological polar surface area (TPSA) is 139 Å². The fourth-order valence-corrected chi connectivity index (χ4v) is 3.27. The van der Waals surface area contributed by atoms with E-state index in [-0.39, 0.29) is 35.9 Å². The predicted molar refractivity (Wildman–Crippen MR) is 91.8 cm³/mol. The van der Waals surface area contributed by atoms with Gasteiger partial charge in [0.25, 0.3) is 17.5 Å². The first-order chi connectivity index (χ1) is 12.9. The molecule has 10 nitrogen and oxygen atoms in total. The molecule has 2 aliphatic heterocycles. The Morgan fingerprint density at radius 1 is 1.22 bits per heavy atom. The largest absolute Gasteiger partial charge is 0.317 e. The van der Waals surface area contributed by atoms with Crippen LogP contribution in [-0.4, -0.2) is 53.1 Å². The van der Waals surface area contributed by atoms with Crippen molar-refractivity contribution in [2.75, 3.05) is 19.6 Å². The van der Waals surface area contributed by atoms with Gasteiger partial charge in [-0.3, -0.25) is 39.5 Å². The number of carbonyl (C=O) groups is 4. The van der Waals surface area contributed by atoms with Gasteiger partial charge in [0, 0.05) is 24.9 Å². The van der Waals surface area contributed by atoms with Crippen molar-refractivity contribution in [3.63, 3.8) is 0 Å². The molecular weight excluding hydrogens is 356 g/mol. The van der Waals surface area contributed by atoms with Gasteiger partial charge in [-0.25, -0.2) is 0 Å². The second-order valence-electron chi connectivity index (χ2n) is 6.41. The monoisotopic (exact) mass is 374 g/mol. The van der Waals surface area contributed by atoms with E-state index in [1.807, 2.05) is 0 Å². The average molecular weight is 374 g/mol. The molecule has 0 atom stereocenters. The number of nitro benzene ring substituents is 1. The Balaban J connectivity index is 1.61. The number of rotatable bonds is 5. The van der Waals surface area contributed by atoms with Crippen LogP contribution in [0, 0.1) is 16.0 Å². The van der Waals surface area contributed by atoms with Crippen molar-refractivity contribution in [2.45, 2.75) is 19.3 Å². The van der Waals surface area contributed by atoms with E-state index < -0.39 is 28.3 Å². The Hall–Kier alpha value is -3.14. The minimum Gasteiger partial charge on any atom is -0.317 e. The average Bonchev–Trinajstić information content (AvgIpc) is 2.91. The molecule has 27 heavy (non-hydrogen) atoms. The molecule has 2 heterocycles. The summed E-state index contributed by atoms with van der Waals surface area (Å²) in [6.07, 6.45) is 1.03. The van der Waals surface area contributed by atoms with Crippen molar-refractivity contribution < 1.29 is 24.1 Å². The molecule has 1 aromatic carbocycles. The summed E-state index contributed by atoms with van der Waals surface area (Å²) >= 11 is 0. The fourth-order valence-electron chi connectivity index (χ4n) is 3.27. The van der Waals surface area contributed by atoms with E-state index in [0.717, 1.165) is 11.0 Å². The summed E-state index contributed by atoms with van der Waals surface area (Å²) in [5.74, 6) is -2.68. The van der Waals surface area contributed by atoms with E-state index in [4.69, 9.17) is 0 Å². The number of benzene rings is 1. The summed E-state index contributed by atoms with van der Waals surface area (Å²) in [4.78, 5) is 60.0. The lowest BCUT2D eigenvalue weighted by atomic mass is 9.97. The van der Waals surface area contributed by atoms with Crippen LogP contribution < -0.4 is 10.6 Å². The van der Waals surface area contributed by atoms with E-state index in [1.165, 1.54) is 12.1 Å². The lowest BCUT2D eigenvalue weighted by Gasteiger charge is -2.21. The third-order valence-corrected chi connectivity index (χ3v) is 4.71. The smallest absolute Gasteiger partial charge is 0.282 e. The zero-order valence-corrected chi connectivity index (χ0v) is 14.4. The molecule has 0 unspecified atom stereocenters. The van der Waals surface area contributed by atoms with Gasteiger partial charge in [0.1, 0.15) is 5.56 Å². The van der Waals surface area contributed by atoms with Crippen LogP contribution in [0.1, 0.15) is 40.0 Å². The summed E-state index contributed by atoms with van der Waals surface area (Å²) < 4.78 is 0. The Morgan fingerprint density at radius 2 is 1.93 bits per heavy atom. The number of nitro groups is 1. The second kappa shape index (κ2) is 7.62. The number of fused-ring (bicyclic) bond motifs is 1. The van der Waals surface area contributed by atoms with Crippen LogP contribution in [0.2, 0.25) is 0 Å². The number of hydrogen-bond acceptors (Lipinski definition) is 7. The number of amides is 4. The molecule has 1 saturated heterocycles. The van der Waals surface area contributed by atoms with Gasteiger partial charge in [0.2, 0.25) is 11.8 Å². The lowest BCUT2D eigenvalue weighted by molar-refractivity contribution is -0.385. The van der Waals surface area contributed by atoms with Gasteiger partial charge in [-0.1, -0.05) is 6.07 Å². The standard InChI is InChI=1S/C17H18N4O6/c22-13(19-15(23)10-4-7-18-8-5-10)6-9-20-16(24)11-2-1-3-12(21(26)27)14(11)17(20)25/h1-3,10,18H,4-9H2,(H,19,22,23). The second-order valence-corrected chi connectivity index (χ2v) is 6.41. The first kappa shape index (κ1) is 18.6. The normalized spacial score (nSPS) is 17.0. The van der Waals surface area contributed by atoms with Gasteiger partial charge in [0.05, 0.1) is 10.5 Å². The Morgan fingerprint density at radius 3 is 2.59 bits per heavy atom. The molecule has 0 aromatic heterocycles. The predicted octanol–water partition coefficient (Wildman–Crippen LogP) is 0.223. The number of hydrogen-bond donors (Lipinski definition) is 2. The van der Waals surface area contributed by atoms with E-state index in [0.29, 0.717) is 25.9 Å². The molecule has 10 heteroatoms. The van der Waals surface area contributed by atoms with Crippen LogP contribution in [-0.2, 0) is 9.59 Å². The highest BCUT2D eigenvalue weighted by Crippen LogP contribution is 2.30. The van der Waals surface area contributed by atoms with Gasteiger partial charge in [-0.05, 0) is 32.0 Å². The van der Waals surface area contributed by atoms with E-state index >= 15 is 0 Å². The van der Waals surface area contributed by atoms with Crippen LogP contribution in [0.4, 0.5) is 5.69 Å². The molecule has 0 saturated carbocycles. The molecule has 1 aromatic rings. The lowest BCUT2D eigenvalue weighted by Crippen LogP contribution is -2.42. The van der Waals surface area contributed by atoms with E-state index in [2.05, 4.69) is 10.6 Å². The molecule has 2 N–H and O–H groups in total. The summed E-state index contributed by atoms with van der Waals surface area (Å²) in [6, 6.07) is 3.82. The van der Waals surface area contributed by atoms with Gasteiger partial charge in [0.15, 0.2) is 0 Å². The van der Waals surface area contributed by atoms with Crippen LogP contribution in [0.3, 0.4) is 0 Å². The minimum absolute atomic E-state index is 0.0552. The quantitative estimate of drug-likeness (QED) is 0.427. The fraction of sp³-hybridized carbons (Fsp3) is 0.412. The van der Waals surface area contributed by atoms with E-state index in [9.17, 15) is 29.3 Å². The molecular formula is C17H18N4O6. The van der Waals surface area contributed by atoms with Crippen molar-refractivity contribution in [2.24, 2.45) is 5.92 Å². The van der Waals surface area contributed by atoms with Crippen molar-refractivity contribution in [3.8, 4) is 0 Å². The number of nitrogens with zero attached hydrogens (tertiary/aromatic N) is 2. The third kappa shape index (κ3) is 3.70. The Kier molecular flexibility index (Phi) is 5.26. The van der Waals surface area contributed by atoms with Crippen molar-refractivity contribution in [3.05, 3.63) is 39.4 Å². The SMILES string of the molecule is O=C(CCN1C(=O)c2cccc([N+](=O)[O-])c2C1=O)NC(=O)C1CCNCC1. The van der Waals surface area contributed by atoms with Crippen LogP contribution in [0.15, 0.2) is 18.2 Å². The highest BCUT2D eigenvalue weighted by Gasteiger charge is 2.40. The van der Waals surface area contributed by atoms with Gasteiger partial charge >= 0.3 is 0 Å². The van der Waals surface area contributed by atoms with Crippen molar-refractivity contribution in [1.82, 2.24) is 15.5 Å². The summed E-state index contributed by atoms with van der Waals surface area (Å²) in [6.45, 7) is 1.16. The number of imide groups is 2. The summed E-state index contributed by atoms with van der Waals surface area (Å²) in [7, 11) is 0. The van der Waals surface area contributed by atoms with Crippen molar-refractivity contribution >= 4 is 29.3 Å². The number of carbonyl (C=O) groups excluding carboxylic acids is 4. The molecule has 142 valence electrons. The van der Waals surface area contributed by atoms with E-state index in [1.54, 1.807) is 0 Å². The molecule has 1 fully saturated rings. The summed E-state index contributed by atoms with van der Waals surface area (Å²) in [5, 5.41) is 16.5. The minimum atomic E-state index is -0.806. The molecule has 4 amide bonds. The zero-order chi connectivity index (χ0) is 19.6. The molecule has 2 aliphatic rings. The Labute approximate surface area is 154 Å². The highest BCUT2D eigenvalue weighted by molar-refractivity contribution is 6.23. The summed E-state index contributed by atoms with van der Waals surface area (Å²) in [5.41, 5.74) is -0.766. The maximum Gasteiger partial charge on any atom is 0.282 e. The molecule has 3 rings (SSSR count). The van der Waals surface area contributed by atoms with Crippen LogP contribution in [0.5, 0.6) is 0 Å². The highest BCUT2D eigenvalue weighted by atomic mass is 16.6. The maximum absolute atomic E-state index is 12.4. The first-order valence-electron chi connectivity index (χ1n) is 8.58. The molecule has 0 bridgehead atoms. The molecule has 0 aliphatic carbocycles. The van der Waals surface area contributed by atoms with Gasteiger partial charge in [-0.15, -0.1) is 0 Å². The van der Waals surface area contributed by atoms with Crippen molar-refractivity contribution in [1.29, 1.82) is 0 Å². The first-order valence-corrected chi connectivity index (χ1v) is 8.58. The maximum atomic E-state index is 12.4. The van der Waals surface area contributed by atoms with Gasteiger partial charge < -0.3 is 5.32 Å². The third-order valence-electron chi connectivity index (χ3n) is 4.71. The molecule has 0 radical (unpaired) electrons. The number of nitrogens with one attached hydrogen (secondary N) is 2. The van der Waals surface area contributed by atoms with Crippen LogP contribution in [0.25, 0.3) is 0 Å².